The summed E-state index contributed by atoms with van der Waals surface area (Å²) in [5.74, 6) is -0.0180. The molecule has 20 heavy (non-hydrogen) atoms. The first kappa shape index (κ1) is 14.5. The molecule has 2 aromatic rings. The maximum atomic E-state index is 13.0. The number of ether oxygens (including phenoxy) is 1. The van der Waals surface area contributed by atoms with Crippen LogP contribution in [-0.4, -0.2) is 16.9 Å². The van der Waals surface area contributed by atoms with Gasteiger partial charge in [0, 0.05) is 23.7 Å². The third-order valence-corrected chi connectivity index (χ3v) is 2.97. The smallest absolute Gasteiger partial charge is 0.420 e. The fourth-order valence-corrected chi connectivity index (χ4v) is 2.05. The van der Waals surface area contributed by atoms with E-state index in [1.54, 1.807) is 7.05 Å². The molecule has 0 atom stereocenters. The van der Waals surface area contributed by atoms with Crippen LogP contribution in [0.25, 0.3) is 11.3 Å². The minimum Gasteiger partial charge on any atom is -0.495 e. The van der Waals surface area contributed by atoms with Crippen LogP contribution in [-0.2, 0) is 13.2 Å². The lowest BCUT2D eigenvalue weighted by atomic mass is 10.1. The number of rotatable bonds is 2. The lowest BCUT2D eigenvalue weighted by Gasteiger charge is -2.15. The Bertz CT molecular complexity index is 633. The SMILES string of the molecule is COc1c(-c2cc(N)n(C)n2)cc(Cl)cc1C(F)(F)F. The van der Waals surface area contributed by atoms with E-state index >= 15 is 0 Å². The number of hydrogen-bond donors (Lipinski definition) is 1. The summed E-state index contributed by atoms with van der Waals surface area (Å²) in [4.78, 5) is 0. The molecule has 0 spiro atoms. The second-order valence-electron chi connectivity index (χ2n) is 4.11. The quantitative estimate of drug-likeness (QED) is 0.925. The highest BCUT2D eigenvalue weighted by atomic mass is 35.5. The van der Waals surface area contributed by atoms with E-state index in [1.165, 1.54) is 16.8 Å². The van der Waals surface area contributed by atoms with E-state index in [9.17, 15) is 13.2 Å². The van der Waals surface area contributed by atoms with E-state index in [2.05, 4.69) is 5.10 Å². The van der Waals surface area contributed by atoms with Gasteiger partial charge in [-0.1, -0.05) is 11.6 Å². The minimum atomic E-state index is -4.58. The van der Waals surface area contributed by atoms with E-state index < -0.39 is 11.7 Å². The predicted octanol–water partition coefficient (Wildman–Crippen LogP) is 3.35. The van der Waals surface area contributed by atoms with Crippen molar-refractivity contribution in [3.05, 3.63) is 28.8 Å². The minimum absolute atomic E-state index is 0.0580. The molecule has 0 bridgehead atoms. The molecule has 0 aliphatic heterocycles. The molecule has 1 aromatic heterocycles. The number of anilines is 1. The number of nitrogens with two attached hydrogens (primary N) is 1. The highest BCUT2D eigenvalue weighted by Crippen LogP contribution is 2.43. The van der Waals surface area contributed by atoms with E-state index in [0.29, 0.717) is 5.82 Å². The van der Waals surface area contributed by atoms with Gasteiger partial charge < -0.3 is 10.5 Å². The van der Waals surface area contributed by atoms with Crippen molar-refractivity contribution in [3.63, 3.8) is 0 Å². The van der Waals surface area contributed by atoms with Crippen LogP contribution in [0.2, 0.25) is 5.02 Å². The molecule has 0 saturated carbocycles. The molecular formula is C12H11ClF3N3O. The number of halogens is 4. The zero-order chi connectivity index (χ0) is 15.1. The summed E-state index contributed by atoms with van der Waals surface area (Å²) in [6.45, 7) is 0. The van der Waals surface area contributed by atoms with Gasteiger partial charge in [-0.05, 0) is 12.1 Å². The Kier molecular flexibility index (Phi) is 3.56. The lowest BCUT2D eigenvalue weighted by molar-refractivity contribution is -0.138. The maximum absolute atomic E-state index is 13.0. The van der Waals surface area contributed by atoms with Crippen molar-refractivity contribution in [1.82, 2.24) is 9.78 Å². The highest BCUT2D eigenvalue weighted by Gasteiger charge is 2.36. The van der Waals surface area contributed by atoms with E-state index in [-0.39, 0.29) is 22.0 Å². The average molecular weight is 306 g/mol. The third kappa shape index (κ3) is 2.53. The Balaban J connectivity index is 2.72. The largest absolute Gasteiger partial charge is 0.495 e. The second kappa shape index (κ2) is 4.90. The first-order valence-corrected chi connectivity index (χ1v) is 5.86. The van der Waals surface area contributed by atoms with E-state index in [1.807, 2.05) is 0 Å². The van der Waals surface area contributed by atoms with Crippen LogP contribution in [0.15, 0.2) is 18.2 Å². The summed E-state index contributed by atoms with van der Waals surface area (Å²) in [6.07, 6.45) is -4.58. The van der Waals surface area contributed by atoms with Crippen molar-refractivity contribution in [1.29, 1.82) is 0 Å². The van der Waals surface area contributed by atoms with Crippen LogP contribution in [0.3, 0.4) is 0 Å². The van der Waals surface area contributed by atoms with E-state index in [4.69, 9.17) is 22.1 Å². The Labute approximate surface area is 117 Å². The maximum Gasteiger partial charge on any atom is 0.420 e. The average Bonchev–Trinajstić information content (AvgIpc) is 2.67. The molecule has 0 unspecified atom stereocenters. The molecule has 0 radical (unpaired) electrons. The van der Waals surface area contributed by atoms with Gasteiger partial charge >= 0.3 is 6.18 Å². The van der Waals surface area contributed by atoms with Crippen LogP contribution in [0, 0.1) is 0 Å². The molecule has 0 aliphatic carbocycles. The van der Waals surface area contributed by atoms with Crippen molar-refractivity contribution in [2.45, 2.75) is 6.18 Å². The molecule has 8 heteroatoms. The number of nitrogens with zero attached hydrogens (tertiary/aromatic N) is 2. The number of benzene rings is 1. The fourth-order valence-electron chi connectivity index (χ4n) is 1.83. The molecule has 1 heterocycles. The van der Waals surface area contributed by atoms with Crippen molar-refractivity contribution in [2.75, 3.05) is 12.8 Å². The van der Waals surface area contributed by atoms with Gasteiger partial charge in [-0.25, -0.2) is 0 Å². The molecule has 0 saturated heterocycles. The number of aromatic nitrogens is 2. The number of alkyl halides is 3. The molecular weight excluding hydrogens is 295 g/mol. The van der Waals surface area contributed by atoms with Gasteiger partial charge in [0.1, 0.15) is 11.6 Å². The van der Waals surface area contributed by atoms with Gasteiger partial charge in [-0.15, -0.1) is 0 Å². The first-order chi connectivity index (χ1) is 9.24. The van der Waals surface area contributed by atoms with Crippen LogP contribution >= 0.6 is 11.6 Å². The Morgan fingerprint density at radius 3 is 2.40 bits per heavy atom. The van der Waals surface area contributed by atoms with Crippen LogP contribution in [0.5, 0.6) is 5.75 Å². The Morgan fingerprint density at radius 2 is 1.95 bits per heavy atom. The molecule has 4 nitrogen and oxygen atoms in total. The summed E-state index contributed by atoms with van der Waals surface area (Å²) >= 11 is 5.76. The first-order valence-electron chi connectivity index (χ1n) is 5.48. The van der Waals surface area contributed by atoms with Crippen LogP contribution in [0.1, 0.15) is 5.56 Å². The fraction of sp³-hybridized carbons (Fsp3) is 0.250. The normalized spacial score (nSPS) is 11.7. The summed E-state index contributed by atoms with van der Waals surface area (Å²) < 4.78 is 45.3. The van der Waals surface area contributed by atoms with Crippen molar-refractivity contribution in [2.24, 2.45) is 7.05 Å². The summed E-state index contributed by atoms with van der Waals surface area (Å²) in [6, 6.07) is 3.63. The number of methoxy groups -OCH3 is 1. The van der Waals surface area contributed by atoms with Crippen molar-refractivity contribution >= 4 is 17.4 Å². The zero-order valence-electron chi connectivity index (χ0n) is 10.6. The molecule has 2 N–H and O–H groups in total. The number of nitrogen functional groups attached to an aromatic ring is 1. The summed E-state index contributed by atoms with van der Waals surface area (Å²) in [5, 5.41) is 3.98. The monoisotopic (exact) mass is 305 g/mol. The highest BCUT2D eigenvalue weighted by molar-refractivity contribution is 6.31. The summed E-state index contributed by atoms with van der Waals surface area (Å²) in [7, 11) is 2.74. The van der Waals surface area contributed by atoms with Gasteiger partial charge in [-0.2, -0.15) is 18.3 Å². The van der Waals surface area contributed by atoms with Gasteiger partial charge in [0.15, 0.2) is 0 Å². The van der Waals surface area contributed by atoms with E-state index in [0.717, 1.165) is 13.2 Å². The molecule has 0 fully saturated rings. The molecule has 2 rings (SSSR count). The van der Waals surface area contributed by atoms with Gasteiger partial charge in [-0.3, -0.25) is 4.68 Å². The predicted molar refractivity (Wildman–Crippen MR) is 69.6 cm³/mol. The zero-order valence-corrected chi connectivity index (χ0v) is 11.4. The van der Waals surface area contributed by atoms with Crippen LogP contribution in [0.4, 0.5) is 19.0 Å². The molecule has 108 valence electrons. The Morgan fingerprint density at radius 1 is 1.30 bits per heavy atom. The third-order valence-electron chi connectivity index (χ3n) is 2.76. The van der Waals surface area contributed by atoms with Gasteiger partial charge in [0.25, 0.3) is 0 Å². The molecule has 1 aromatic carbocycles. The van der Waals surface area contributed by atoms with Crippen LogP contribution < -0.4 is 10.5 Å². The topological polar surface area (TPSA) is 53.1 Å². The van der Waals surface area contributed by atoms with Gasteiger partial charge in [0.2, 0.25) is 0 Å². The van der Waals surface area contributed by atoms with Crippen molar-refractivity contribution in [3.8, 4) is 17.0 Å². The standard InChI is InChI=1S/C12H11ClF3N3O/c1-19-10(17)5-9(18-19)7-3-6(13)4-8(11(7)20-2)12(14,15)16/h3-5H,17H2,1-2H3. The lowest BCUT2D eigenvalue weighted by Crippen LogP contribution is -2.08. The summed E-state index contributed by atoms with van der Waals surface area (Å²) in [5.41, 5.74) is 5.08. The second-order valence-corrected chi connectivity index (χ2v) is 4.55. The number of aryl methyl sites for hydroxylation is 1. The molecule has 0 aliphatic rings. The van der Waals surface area contributed by atoms with Crippen molar-refractivity contribution < 1.29 is 17.9 Å². The molecule has 0 amide bonds. The van der Waals surface area contributed by atoms with Gasteiger partial charge in [0.05, 0.1) is 18.4 Å². The number of hydrogen-bond acceptors (Lipinski definition) is 3. The Hall–Kier alpha value is -1.89.